The maximum Gasteiger partial charge on any atom is 0.118 e. The largest absolute Gasteiger partial charge is 0.508 e. The zero-order valence-corrected chi connectivity index (χ0v) is 17.2. The summed E-state index contributed by atoms with van der Waals surface area (Å²) < 4.78 is 0. The molecule has 1 heteroatoms. The van der Waals surface area contributed by atoms with Crippen LogP contribution in [0, 0.1) is 10.8 Å². The van der Waals surface area contributed by atoms with E-state index in [9.17, 15) is 5.11 Å². The second-order valence-electron chi connectivity index (χ2n) is 9.96. The highest BCUT2D eigenvalue weighted by Gasteiger charge is 2.35. The van der Waals surface area contributed by atoms with Gasteiger partial charge in [-0.25, -0.2) is 0 Å². The monoisotopic (exact) mass is 344 g/mol. The van der Waals surface area contributed by atoms with Crippen molar-refractivity contribution < 1.29 is 5.11 Å². The Bertz CT molecular complexity index is 519. The van der Waals surface area contributed by atoms with E-state index in [1.165, 1.54) is 69.8 Å². The summed E-state index contributed by atoms with van der Waals surface area (Å²) in [5, 5.41) is 10.1. The minimum atomic E-state index is 0.443. The van der Waals surface area contributed by atoms with Crippen LogP contribution in [0.1, 0.15) is 103 Å². The van der Waals surface area contributed by atoms with Gasteiger partial charge in [0.05, 0.1) is 0 Å². The molecule has 0 saturated heterocycles. The Morgan fingerprint density at radius 3 is 2.28 bits per heavy atom. The van der Waals surface area contributed by atoms with Crippen LogP contribution < -0.4 is 0 Å². The molecule has 1 nitrogen and oxygen atoms in total. The molecule has 25 heavy (non-hydrogen) atoms. The highest BCUT2D eigenvalue weighted by molar-refractivity contribution is 5.36. The van der Waals surface area contributed by atoms with Crippen molar-refractivity contribution in [1.82, 2.24) is 0 Å². The predicted octanol–water partition coefficient (Wildman–Crippen LogP) is 7.44. The standard InChI is InChI=1S/C24H40O/c1-23(2,3)15-9-6-8-12-21-19-20(13-14-22(21)25)11-7-5-10-16-24(4)17-18-24/h13-14,19,25H,5-12,15-18H2,1-4H3. The molecule has 0 aliphatic heterocycles. The van der Waals surface area contributed by atoms with Gasteiger partial charge in [-0.2, -0.15) is 0 Å². The summed E-state index contributed by atoms with van der Waals surface area (Å²) in [5.74, 6) is 0.487. The molecule has 1 N–H and O–H groups in total. The summed E-state index contributed by atoms with van der Waals surface area (Å²) in [7, 11) is 0. The Morgan fingerprint density at radius 2 is 1.60 bits per heavy atom. The third-order valence-electron chi connectivity index (χ3n) is 5.87. The van der Waals surface area contributed by atoms with Gasteiger partial charge in [-0.05, 0) is 79.4 Å². The molecule has 1 saturated carbocycles. The molecule has 0 heterocycles. The molecule has 1 aromatic carbocycles. The topological polar surface area (TPSA) is 20.2 Å². The van der Waals surface area contributed by atoms with E-state index in [-0.39, 0.29) is 0 Å². The average Bonchev–Trinajstić information content (AvgIpc) is 3.26. The van der Waals surface area contributed by atoms with Gasteiger partial charge < -0.3 is 5.11 Å². The number of phenols is 1. The van der Waals surface area contributed by atoms with Crippen molar-refractivity contribution in [2.75, 3.05) is 0 Å². The zero-order chi connectivity index (χ0) is 18.3. The summed E-state index contributed by atoms with van der Waals surface area (Å²) >= 11 is 0. The highest BCUT2D eigenvalue weighted by atomic mass is 16.3. The first-order valence-electron chi connectivity index (χ1n) is 10.6. The van der Waals surface area contributed by atoms with E-state index in [0.29, 0.717) is 16.6 Å². The first kappa shape index (κ1) is 20.3. The number of hydrogen-bond donors (Lipinski definition) is 1. The van der Waals surface area contributed by atoms with Crippen LogP contribution in [0.2, 0.25) is 0 Å². The van der Waals surface area contributed by atoms with Crippen LogP contribution in [0.3, 0.4) is 0 Å². The van der Waals surface area contributed by atoms with Gasteiger partial charge in [-0.1, -0.05) is 65.5 Å². The Balaban J connectivity index is 1.66. The van der Waals surface area contributed by atoms with E-state index in [1.807, 2.05) is 6.07 Å². The lowest BCUT2D eigenvalue weighted by atomic mass is 9.89. The SMILES string of the molecule is CC(C)(C)CCCCCc1cc(CCCCCC2(C)CC2)ccc1O. The van der Waals surface area contributed by atoms with Gasteiger partial charge in [0.15, 0.2) is 0 Å². The molecule has 0 radical (unpaired) electrons. The minimum Gasteiger partial charge on any atom is -0.508 e. The quantitative estimate of drug-likeness (QED) is 0.413. The first-order valence-corrected chi connectivity index (χ1v) is 10.6. The molecule has 0 spiro atoms. The van der Waals surface area contributed by atoms with E-state index in [1.54, 1.807) is 0 Å². The second-order valence-corrected chi connectivity index (χ2v) is 9.96. The van der Waals surface area contributed by atoms with E-state index < -0.39 is 0 Å². The fourth-order valence-electron chi connectivity index (χ4n) is 3.66. The highest BCUT2D eigenvalue weighted by Crippen LogP contribution is 2.49. The summed E-state index contributed by atoms with van der Waals surface area (Å²) in [6.45, 7) is 9.37. The van der Waals surface area contributed by atoms with Gasteiger partial charge in [-0.15, -0.1) is 0 Å². The van der Waals surface area contributed by atoms with Gasteiger partial charge in [0.25, 0.3) is 0 Å². The van der Waals surface area contributed by atoms with E-state index in [0.717, 1.165) is 18.4 Å². The molecule has 142 valence electrons. The molecule has 0 bridgehead atoms. The second kappa shape index (κ2) is 9.10. The molecule has 0 atom stereocenters. The number of rotatable bonds is 11. The third-order valence-corrected chi connectivity index (χ3v) is 5.87. The lowest BCUT2D eigenvalue weighted by molar-refractivity contribution is 0.358. The molecule has 1 aromatic rings. The lowest BCUT2D eigenvalue weighted by Gasteiger charge is -2.17. The zero-order valence-electron chi connectivity index (χ0n) is 17.2. The minimum absolute atomic E-state index is 0.443. The van der Waals surface area contributed by atoms with Crippen LogP contribution >= 0.6 is 0 Å². The Labute approximate surface area is 156 Å². The van der Waals surface area contributed by atoms with Crippen molar-refractivity contribution in [3.63, 3.8) is 0 Å². The van der Waals surface area contributed by atoms with Crippen LogP contribution in [0.5, 0.6) is 5.75 Å². The van der Waals surface area contributed by atoms with Gasteiger partial charge >= 0.3 is 0 Å². The number of phenolic OH excluding ortho intramolecular Hbond substituents is 1. The molecule has 1 aliphatic rings. The van der Waals surface area contributed by atoms with Gasteiger partial charge in [0.1, 0.15) is 5.75 Å². The van der Waals surface area contributed by atoms with Gasteiger partial charge in [-0.3, -0.25) is 0 Å². The predicted molar refractivity (Wildman–Crippen MR) is 109 cm³/mol. The van der Waals surface area contributed by atoms with Crippen LogP contribution in [-0.2, 0) is 12.8 Å². The molecule has 0 unspecified atom stereocenters. The normalized spacial score (nSPS) is 16.2. The molecule has 1 fully saturated rings. The van der Waals surface area contributed by atoms with Gasteiger partial charge in [0, 0.05) is 0 Å². The molecular weight excluding hydrogens is 304 g/mol. The summed E-state index contributed by atoms with van der Waals surface area (Å²) in [4.78, 5) is 0. The fourth-order valence-corrected chi connectivity index (χ4v) is 3.66. The smallest absolute Gasteiger partial charge is 0.118 e. The maximum absolute atomic E-state index is 10.1. The third kappa shape index (κ3) is 8.29. The van der Waals surface area contributed by atoms with Crippen LogP contribution in [-0.4, -0.2) is 5.11 Å². The Morgan fingerprint density at radius 1 is 0.920 bits per heavy atom. The van der Waals surface area contributed by atoms with E-state index in [2.05, 4.69) is 39.8 Å². The van der Waals surface area contributed by atoms with Crippen molar-refractivity contribution in [3.8, 4) is 5.75 Å². The molecule has 1 aliphatic carbocycles. The lowest BCUT2D eigenvalue weighted by Crippen LogP contribution is -2.04. The van der Waals surface area contributed by atoms with Crippen LogP contribution in [0.25, 0.3) is 0 Å². The summed E-state index contributed by atoms with van der Waals surface area (Å²) in [5.41, 5.74) is 3.70. The number of aromatic hydroxyl groups is 1. The Hall–Kier alpha value is -0.980. The van der Waals surface area contributed by atoms with E-state index >= 15 is 0 Å². The van der Waals surface area contributed by atoms with E-state index in [4.69, 9.17) is 0 Å². The fraction of sp³-hybridized carbons (Fsp3) is 0.750. The van der Waals surface area contributed by atoms with Crippen LogP contribution in [0.4, 0.5) is 0 Å². The number of hydrogen-bond acceptors (Lipinski definition) is 1. The van der Waals surface area contributed by atoms with Crippen LogP contribution in [0.15, 0.2) is 18.2 Å². The number of aryl methyl sites for hydroxylation is 2. The molecular formula is C24H40O. The summed E-state index contributed by atoms with van der Waals surface area (Å²) in [6, 6.07) is 6.27. The molecule has 0 amide bonds. The number of unbranched alkanes of at least 4 members (excludes halogenated alkanes) is 4. The Kier molecular flexibility index (Phi) is 7.40. The van der Waals surface area contributed by atoms with Crippen molar-refractivity contribution in [2.24, 2.45) is 10.8 Å². The summed E-state index contributed by atoms with van der Waals surface area (Å²) in [6.07, 6.45) is 15.5. The van der Waals surface area contributed by atoms with Crippen molar-refractivity contribution in [1.29, 1.82) is 0 Å². The maximum atomic E-state index is 10.1. The van der Waals surface area contributed by atoms with Crippen molar-refractivity contribution in [2.45, 2.75) is 105 Å². The molecule has 2 rings (SSSR count). The van der Waals surface area contributed by atoms with Crippen molar-refractivity contribution >= 4 is 0 Å². The number of benzene rings is 1. The van der Waals surface area contributed by atoms with Gasteiger partial charge in [0.2, 0.25) is 0 Å². The molecule has 0 aromatic heterocycles. The first-order chi connectivity index (χ1) is 11.8. The average molecular weight is 345 g/mol. The van der Waals surface area contributed by atoms with Crippen molar-refractivity contribution in [3.05, 3.63) is 29.3 Å².